The molecule has 1 heterocycles. The van der Waals surface area contributed by atoms with Gasteiger partial charge in [0.2, 0.25) is 0 Å². The summed E-state index contributed by atoms with van der Waals surface area (Å²) in [4.78, 5) is 14.7. The van der Waals surface area contributed by atoms with Crippen LogP contribution >= 0.6 is 0 Å². The standard InChI is InChI=1S/C20H25N3O/c21-13-16-7-9-19(10-8-16)20(24)22-14-17-3-5-18(6-4-17)15-23-11-1-2-12-23/h3-10H,1-2,11-15,21H2,(H,22,24). The highest BCUT2D eigenvalue weighted by atomic mass is 16.1. The van der Waals surface area contributed by atoms with Gasteiger partial charge in [0.1, 0.15) is 0 Å². The Labute approximate surface area is 143 Å². The fourth-order valence-electron chi connectivity index (χ4n) is 3.04. The van der Waals surface area contributed by atoms with E-state index in [1.54, 1.807) is 0 Å². The molecule has 3 rings (SSSR count). The second-order valence-corrected chi connectivity index (χ2v) is 6.38. The summed E-state index contributed by atoms with van der Waals surface area (Å²) in [7, 11) is 0. The fourth-order valence-corrected chi connectivity index (χ4v) is 3.04. The Bertz CT molecular complexity index is 658. The van der Waals surface area contributed by atoms with Gasteiger partial charge in [0.05, 0.1) is 0 Å². The van der Waals surface area contributed by atoms with Gasteiger partial charge in [-0.2, -0.15) is 0 Å². The quantitative estimate of drug-likeness (QED) is 0.859. The highest BCUT2D eigenvalue weighted by molar-refractivity contribution is 5.94. The maximum absolute atomic E-state index is 12.2. The predicted octanol–water partition coefficient (Wildman–Crippen LogP) is 2.67. The predicted molar refractivity (Wildman–Crippen MR) is 96.5 cm³/mol. The van der Waals surface area contributed by atoms with Crippen LogP contribution in [0.15, 0.2) is 48.5 Å². The zero-order chi connectivity index (χ0) is 16.8. The second kappa shape index (κ2) is 8.08. The first kappa shape index (κ1) is 16.7. The third kappa shape index (κ3) is 4.43. The lowest BCUT2D eigenvalue weighted by Crippen LogP contribution is -2.23. The molecule has 126 valence electrons. The molecule has 2 aromatic carbocycles. The van der Waals surface area contributed by atoms with Gasteiger partial charge in [0.25, 0.3) is 5.91 Å². The van der Waals surface area contributed by atoms with Crippen LogP contribution in [0.1, 0.15) is 39.9 Å². The first-order chi connectivity index (χ1) is 11.7. The van der Waals surface area contributed by atoms with Gasteiger partial charge in [-0.15, -0.1) is 0 Å². The number of rotatable bonds is 6. The van der Waals surface area contributed by atoms with Gasteiger partial charge in [-0.3, -0.25) is 9.69 Å². The first-order valence-corrected chi connectivity index (χ1v) is 8.62. The number of carbonyl (C=O) groups excluding carboxylic acids is 1. The summed E-state index contributed by atoms with van der Waals surface area (Å²) in [5.74, 6) is -0.0558. The Morgan fingerprint density at radius 3 is 2.12 bits per heavy atom. The van der Waals surface area contributed by atoms with Crippen LogP contribution in [0.25, 0.3) is 0 Å². The molecule has 24 heavy (non-hydrogen) atoms. The van der Waals surface area contributed by atoms with E-state index in [-0.39, 0.29) is 5.91 Å². The summed E-state index contributed by atoms with van der Waals surface area (Å²) in [6, 6.07) is 15.9. The first-order valence-electron chi connectivity index (χ1n) is 8.62. The molecular formula is C20H25N3O. The maximum atomic E-state index is 12.2. The maximum Gasteiger partial charge on any atom is 0.251 e. The molecule has 4 nitrogen and oxygen atoms in total. The third-order valence-corrected chi connectivity index (χ3v) is 4.53. The van der Waals surface area contributed by atoms with E-state index in [0.29, 0.717) is 18.7 Å². The van der Waals surface area contributed by atoms with Crippen LogP contribution in [0.3, 0.4) is 0 Å². The number of nitrogens with zero attached hydrogens (tertiary/aromatic N) is 1. The van der Waals surface area contributed by atoms with Crippen molar-refractivity contribution in [1.82, 2.24) is 10.2 Å². The average molecular weight is 323 g/mol. The lowest BCUT2D eigenvalue weighted by atomic mass is 10.1. The number of benzene rings is 2. The Balaban J connectivity index is 1.50. The number of nitrogens with one attached hydrogen (secondary N) is 1. The van der Waals surface area contributed by atoms with Crippen molar-refractivity contribution in [1.29, 1.82) is 0 Å². The van der Waals surface area contributed by atoms with E-state index in [9.17, 15) is 4.79 Å². The van der Waals surface area contributed by atoms with Gasteiger partial charge < -0.3 is 11.1 Å². The third-order valence-electron chi connectivity index (χ3n) is 4.53. The van der Waals surface area contributed by atoms with Crippen LogP contribution in [-0.4, -0.2) is 23.9 Å². The minimum atomic E-state index is -0.0558. The van der Waals surface area contributed by atoms with Crippen LogP contribution in [0, 0.1) is 0 Å². The average Bonchev–Trinajstić information content (AvgIpc) is 3.14. The number of nitrogens with two attached hydrogens (primary N) is 1. The molecular weight excluding hydrogens is 298 g/mol. The van der Waals surface area contributed by atoms with Crippen LogP contribution < -0.4 is 11.1 Å². The summed E-state index contributed by atoms with van der Waals surface area (Å²) in [6.07, 6.45) is 2.63. The fraction of sp³-hybridized carbons (Fsp3) is 0.350. The molecule has 0 atom stereocenters. The molecule has 0 saturated carbocycles. The van der Waals surface area contributed by atoms with E-state index < -0.39 is 0 Å². The molecule has 4 heteroatoms. The zero-order valence-corrected chi connectivity index (χ0v) is 14.0. The van der Waals surface area contributed by atoms with Crippen molar-refractivity contribution >= 4 is 5.91 Å². The molecule has 1 aliphatic rings. The molecule has 0 aromatic heterocycles. The van der Waals surface area contributed by atoms with Crippen molar-refractivity contribution in [3.63, 3.8) is 0 Å². The minimum Gasteiger partial charge on any atom is -0.348 e. The van der Waals surface area contributed by atoms with E-state index in [2.05, 4.69) is 34.5 Å². The van der Waals surface area contributed by atoms with Crippen LogP contribution in [0.2, 0.25) is 0 Å². The van der Waals surface area contributed by atoms with E-state index in [4.69, 9.17) is 5.73 Å². The molecule has 1 saturated heterocycles. The smallest absolute Gasteiger partial charge is 0.251 e. The highest BCUT2D eigenvalue weighted by Gasteiger charge is 2.11. The largest absolute Gasteiger partial charge is 0.348 e. The van der Waals surface area contributed by atoms with Crippen LogP contribution in [0.5, 0.6) is 0 Å². The number of hydrogen-bond acceptors (Lipinski definition) is 3. The van der Waals surface area contributed by atoms with Gasteiger partial charge in [-0.25, -0.2) is 0 Å². The number of amides is 1. The second-order valence-electron chi connectivity index (χ2n) is 6.38. The molecule has 0 unspecified atom stereocenters. The lowest BCUT2D eigenvalue weighted by molar-refractivity contribution is 0.0951. The van der Waals surface area contributed by atoms with Crippen molar-refractivity contribution in [2.45, 2.75) is 32.5 Å². The SMILES string of the molecule is NCc1ccc(C(=O)NCc2ccc(CN3CCCC3)cc2)cc1. The van der Waals surface area contributed by atoms with E-state index in [0.717, 1.165) is 17.7 Å². The Morgan fingerprint density at radius 2 is 1.50 bits per heavy atom. The number of hydrogen-bond donors (Lipinski definition) is 2. The van der Waals surface area contributed by atoms with Gasteiger partial charge in [-0.05, 0) is 54.8 Å². The van der Waals surface area contributed by atoms with Gasteiger partial charge in [-0.1, -0.05) is 36.4 Å². The number of likely N-dealkylation sites (tertiary alicyclic amines) is 1. The monoisotopic (exact) mass is 323 g/mol. The Morgan fingerprint density at radius 1 is 0.917 bits per heavy atom. The van der Waals surface area contributed by atoms with E-state index >= 15 is 0 Å². The van der Waals surface area contributed by atoms with Crippen molar-refractivity contribution in [2.75, 3.05) is 13.1 Å². The molecule has 2 aromatic rings. The molecule has 1 aliphatic heterocycles. The molecule has 0 radical (unpaired) electrons. The molecule has 3 N–H and O–H groups in total. The normalized spacial score (nSPS) is 14.7. The summed E-state index contributed by atoms with van der Waals surface area (Å²) in [5, 5.41) is 2.96. The minimum absolute atomic E-state index is 0.0558. The molecule has 1 fully saturated rings. The Hall–Kier alpha value is -2.17. The van der Waals surface area contributed by atoms with Gasteiger partial charge >= 0.3 is 0 Å². The molecule has 0 aliphatic carbocycles. The molecule has 0 spiro atoms. The molecule has 1 amide bonds. The van der Waals surface area contributed by atoms with Crippen LogP contribution in [-0.2, 0) is 19.6 Å². The zero-order valence-electron chi connectivity index (χ0n) is 14.0. The topological polar surface area (TPSA) is 58.4 Å². The van der Waals surface area contributed by atoms with Crippen molar-refractivity contribution in [2.24, 2.45) is 5.73 Å². The van der Waals surface area contributed by atoms with Crippen LogP contribution in [0.4, 0.5) is 0 Å². The van der Waals surface area contributed by atoms with E-state index in [1.165, 1.54) is 31.5 Å². The summed E-state index contributed by atoms with van der Waals surface area (Å²) in [5.41, 5.74) is 9.72. The summed E-state index contributed by atoms with van der Waals surface area (Å²) < 4.78 is 0. The Kier molecular flexibility index (Phi) is 5.62. The van der Waals surface area contributed by atoms with Gasteiger partial charge in [0.15, 0.2) is 0 Å². The van der Waals surface area contributed by atoms with E-state index in [1.807, 2.05) is 24.3 Å². The highest BCUT2D eigenvalue weighted by Crippen LogP contribution is 2.13. The van der Waals surface area contributed by atoms with Crippen molar-refractivity contribution in [3.05, 3.63) is 70.8 Å². The molecule has 0 bridgehead atoms. The summed E-state index contributed by atoms with van der Waals surface area (Å²) in [6.45, 7) is 4.48. The van der Waals surface area contributed by atoms with Gasteiger partial charge in [0, 0.05) is 25.2 Å². The number of carbonyl (C=O) groups is 1. The lowest BCUT2D eigenvalue weighted by Gasteiger charge is -2.14. The van der Waals surface area contributed by atoms with Crippen molar-refractivity contribution < 1.29 is 4.79 Å². The summed E-state index contributed by atoms with van der Waals surface area (Å²) >= 11 is 0. The van der Waals surface area contributed by atoms with Crippen molar-refractivity contribution in [3.8, 4) is 0 Å².